The Morgan fingerprint density at radius 2 is 0.915 bits per heavy atom. The van der Waals surface area contributed by atoms with Crippen molar-refractivity contribution in [2.75, 3.05) is 19.8 Å². The molecule has 0 aromatic heterocycles. The third-order valence-corrected chi connectivity index (χ3v) is 7.14. The minimum absolute atomic E-state index is 0.0333. The Kier molecular flexibility index (Phi) is 11.4. The monoisotopic (exact) mass is 639 g/mol. The molecule has 0 amide bonds. The van der Waals surface area contributed by atoms with Gasteiger partial charge in [0.05, 0.1) is 28.9 Å². The predicted octanol–water partition coefficient (Wildman–Crippen LogP) is 4.22. The van der Waals surface area contributed by atoms with Gasteiger partial charge >= 0.3 is 23.9 Å². The third kappa shape index (κ3) is 8.67. The Labute approximate surface area is 271 Å². The standard InChI is InChI=1S/C36H33NO10/c37-21-22-42-36-31(47-35(41)27-19-11-4-12-20-27)30(46-34(40)26-17-9-3-10-18-26)29(45-33(39)25-15-7-2-8-16-25)28(44-36)23-43-32(38)24-13-5-1-6-14-24/h1-20,28-31,36H,21-23,37H2/t28-,29+,30+,31-,36-/m1/s1. The Morgan fingerprint density at radius 3 is 1.34 bits per heavy atom. The van der Waals surface area contributed by atoms with E-state index in [0.717, 1.165) is 0 Å². The maximum atomic E-state index is 13.5. The van der Waals surface area contributed by atoms with E-state index in [1.54, 1.807) is 121 Å². The van der Waals surface area contributed by atoms with Crippen LogP contribution in [0.5, 0.6) is 0 Å². The lowest BCUT2D eigenvalue weighted by Crippen LogP contribution is -2.63. The van der Waals surface area contributed by atoms with Crippen molar-refractivity contribution in [1.82, 2.24) is 0 Å². The summed E-state index contributed by atoms with van der Waals surface area (Å²) >= 11 is 0. The molecule has 11 nitrogen and oxygen atoms in total. The summed E-state index contributed by atoms with van der Waals surface area (Å²) in [6, 6.07) is 32.7. The molecule has 2 N–H and O–H groups in total. The van der Waals surface area contributed by atoms with Crippen molar-refractivity contribution in [3.8, 4) is 0 Å². The predicted molar refractivity (Wildman–Crippen MR) is 167 cm³/mol. The van der Waals surface area contributed by atoms with Crippen LogP contribution in [-0.4, -0.2) is 74.3 Å². The lowest BCUT2D eigenvalue weighted by Gasteiger charge is -2.44. The molecule has 11 heteroatoms. The van der Waals surface area contributed by atoms with Gasteiger partial charge in [0, 0.05) is 6.54 Å². The van der Waals surface area contributed by atoms with Crippen LogP contribution < -0.4 is 5.73 Å². The molecule has 1 aliphatic rings. The highest BCUT2D eigenvalue weighted by Gasteiger charge is 2.53. The molecular weight excluding hydrogens is 606 g/mol. The number of carbonyl (C=O) groups excluding carboxylic acids is 4. The first-order valence-corrected chi connectivity index (χ1v) is 14.9. The highest BCUT2D eigenvalue weighted by molar-refractivity contribution is 5.91. The van der Waals surface area contributed by atoms with E-state index in [1.807, 2.05) is 0 Å². The van der Waals surface area contributed by atoms with Crippen molar-refractivity contribution < 1.29 is 47.6 Å². The average molecular weight is 640 g/mol. The molecule has 1 fully saturated rings. The third-order valence-electron chi connectivity index (χ3n) is 7.14. The topological polar surface area (TPSA) is 150 Å². The SMILES string of the molecule is NCCO[C@@H]1O[C@H](COC(=O)c2ccccc2)[C@H](OC(=O)c2ccccc2)[C@H](OC(=O)c2ccccc2)[C@H]1OC(=O)c1ccccc1. The second-order valence-electron chi connectivity index (χ2n) is 10.4. The van der Waals surface area contributed by atoms with Crippen molar-refractivity contribution in [3.05, 3.63) is 144 Å². The van der Waals surface area contributed by atoms with Gasteiger partial charge in [-0.15, -0.1) is 0 Å². The molecule has 0 radical (unpaired) electrons. The maximum absolute atomic E-state index is 13.5. The number of ether oxygens (including phenoxy) is 6. The Bertz CT molecular complexity index is 1620. The molecule has 0 spiro atoms. The summed E-state index contributed by atoms with van der Waals surface area (Å²) in [5.74, 6) is -3.02. The first-order chi connectivity index (χ1) is 22.9. The molecule has 4 aromatic rings. The maximum Gasteiger partial charge on any atom is 0.338 e. The van der Waals surface area contributed by atoms with E-state index in [0.29, 0.717) is 0 Å². The molecule has 242 valence electrons. The second-order valence-corrected chi connectivity index (χ2v) is 10.4. The van der Waals surface area contributed by atoms with Crippen molar-refractivity contribution in [2.24, 2.45) is 5.73 Å². The van der Waals surface area contributed by atoms with Crippen LogP contribution in [0.25, 0.3) is 0 Å². The van der Waals surface area contributed by atoms with E-state index in [4.69, 9.17) is 34.2 Å². The molecule has 47 heavy (non-hydrogen) atoms. The zero-order chi connectivity index (χ0) is 33.0. The van der Waals surface area contributed by atoms with Crippen LogP contribution in [0, 0.1) is 0 Å². The number of hydrogen-bond acceptors (Lipinski definition) is 11. The van der Waals surface area contributed by atoms with Gasteiger partial charge in [-0.3, -0.25) is 0 Å². The van der Waals surface area contributed by atoms with Gasteiger partial charge in [-0.1, -0.05) is 72.8 Å². The average Bonchev–Trinajstić information content (AvgIpc) is 3.13. The molecule has 4 aromatic carbocycles. The smallest absolute Gasteiger partial charge is 0.338 e. The van der Waals surface area contributed by atoms with E-state index in [2.05, 4.69) is 0 Å². The van der Waals surface area contributed by atoms with Crippen molar-refractivity contribution in [2.45, 2.75) is 30.7 Å². The Hall–Kier alpha value is -5.36. The fraction of sp³-hybridized carbons (Fsp3) is 0.222. The summed E-state index contributed by atoms with van der Waals surface area (Å²) in [6.07, 6.45) is -6.98. The van der Waals surface area contributed by atoms with Crippen LogP contribution in [0.1, 0.15) is 41.4 Å². The number of carbonyl (C=O) groups is 4. The van der Waals surface area contributed by atoms with Crippen LogP contribution >= 0.6 is 0 Å². The largest absolute Gasteiger partial charge is 0.459 e. The van der Waals surface area contributed by atoms with Gasteiger partial charge in [0.25, 0.3) is 0 Å². The second kappa shape index (κ2) is 16.3. The first kappa shape index (κ1) is 33.0. The number of benzene rings is 4. The number of nitrogens with two attached hydrogens (primary N) is 1. The molecule has 0 unspecified atom stereocenters. The lowest BCUT2D eigenvalue weighted by atomic mass is 9.97. The normalized spacial score (nSPS) is 20.4. The number of esters is 4. The fourth-order valence-corrected chi connectivity index (χ4v) is 4.85. The van der Waals surface area contributed by atoms with Crippen molar-refractivity contribution >= 4 is 23.9 Å². The van der Waals surface area contributed by atoms with Gasteiger partial charge in [0.2, 0.25) is 0 Å². The van der Waals surface area contributed by atoms with Crippen LogP contribution in [0.15, 0.2) is 121 Å². The molecule has 1 saturated heterocycles. The zero-order valence-corrected chi connectivity index (χ0v) is 25.2. The zero-order valence-electron chi connectivity index (χ0n) is 25.2. The van der Waals surface area contributed by atoms with Crippen LogP contribution in [-0.2, 0) is 28.4 Å². The van der Waals surface area contributed by atoms with Gasteiger partial charge < -0.3 is 34.2 Å². The summed E-state index contributed by atoms with van der Waals surface area (Å²) in [4.78, 5) is 53.2. The van der Waals surface area contributed by atoms with Gasteiger partial charge in [0.15, 0.2) is 24.6 Å². The van der Waals surface area contributed by atoms with E-state index in [1.165, 1.54) is 0 Å². The van der Waals surface area contributed by atoms with Gasteiger partial charge in [-0.2, -0.15) is 0 Å². The summed E-state index contributed by atoms with van der Waals surface area (Å²) in [7, 11) is 0. The number of hydrogen-bond donors (Lipinski definition) is 1. The molecule has 0 aliphatic carbocycles. The molecular formula is C36H33NO10. The summed E-state index contributed by atoms with van der Waals surface area (Å²) < 4.78 is 35.4. The van der Waals surface area contributed by atoms with E-state index >= 15 is 0 Å². The molecule has 5 rings (SSSR count). The minimum Gasteiger partial charge on any atom is -0.459 e. The molecule has 5 atom stereocenters. The van der Waals surface area contributed by atoms with Gasteiger partial charge in [0.1, 0.15) is 12.7 Å². The molecule has 0 saturated carbocycles. The summed E-state index contributed by atoms with van der Waals surface area (Å²) in [6.45, 7) is -0.399. The molecule has 0 bridgehead atoms. The lowest BCUT2D eigenvalue weighted by molar-refractivity contribution is -0.297. The quantitative estimate of drug-likeness (QED) is 0.175. The Balaban J connectivity index is 1.53. The van der Waals surface area contributed by atoms with Crippen LogP contribution in [0.2, 0.25) is 0 Å². The minimum atomic E-state index is -1.49. The summed E-state index contributed by atoms with van der Waals surface area (Å²) in [5, 5.41) is 0. The van der Waals surface area contributed by atoms with Crippen LogP contribution in [0.4, 0.5) is 0 Å². The summed E-state index contributed by atoms with van der Waals surface area (Å²) in [5.41, 5.74) is 6.58. The van der Waals surface area contributed by atoms with E-state index in [9.17, 15) is 19.2 Å². The molecule has 1 aliphatic heterocycles. The van der Waals surface area contributed by atoms with E-state index < -0.39 is 61.2 Å². The van der Waals surface area contributed by atoms with E-state index in [-0.39, 0.29) is 35.4 Å². The highest BCUT2D eigenvalue weighted by Crippen LogP contribution is 2.31. The van der Waals surface area contributed by atoms with Gasteiger partial charge in [-0.05, 0) is 48.5 Å². The van der Waals surface area contributed by atoms with Gasteiger partial charge in [-0.25, -0.2) is 19.2 Å². The van der Waals surface area contributed by atoms with Crippen molar-refractivity contribution in [1.29, 1.82) is 0 Å². The Morgan fingerprint density at radius 1 is 0.532 bits per heavy atom. The van der Waals surface area contributed by atoms with Crippen LogP contribution in [0.3, 0.4) is 0 Å². The van der Waals surface area contributed by atoms with Crippen molar-refractivity contribution in [3.63, 3.8) is 0 Å². The first-order valence-electron chi connectivity index (χ1n) is 14.9. The molecule has 1 heterocycles. The number of rotatable bonds is 12. The fourth-order valence-electron chi connectivity index (χ4n) is 4.85. The highest BCUT2D eigenvalue weighted by atomic mass is 16.7.